The molecule has 1 N–H and O–H groups in total. The fourth-order valence-electron chi connectivity index (χ4n) is 1.83. The first-order valence-corrected chi connectivity index (χ1v) is 7.99. The lowest BCUT2D eigenvalue weighted by molar-refractivity contribution is -0.384. The zero-order valence-corrected chi connectivity index (χ0v) is 14.9. The van der Waals surface area contributed by atoms with Gasteiger partial charge in [-0.3, -0.25) is 14.9 Å². The van der Waals surface area contributed by atoms with Crippen LogP contribution in [0.3, 0.4) is 0 Å². The molecule has 2 rings (SSSR count). The Hall–Kier alpha value is -2.49. The zero-order valence-electron chi connectivity index (χ0n) is 12.7. The molecule has 0 fully saturated rings. The van der Waals surface area contributed by atoms with E-state index in [1.54, 1.807) is 24.3 Å². The van der Waals surface area contributed by atoms with Crippen LogP contribution in [0.2, 0.25) is 0 Å². The number of rotatable bonds is 6. The molecular weight excluding hydrogens is 425 g/mol. The summed E-state index contributed by atoms with van der Waals surface area (Å²) in [5.74, 6) is 0.427. The van der Waals surface area contributed by atoms with Crippen molar-refractivity contribution in [1.82, 2.24) is 5.43 Å². The molecule has 0 bridgehead atoms. The van der Waals surface area contributed by atoms with Gasteiger partial charge >= 0.3 is 0 Å². The van der Waals surface area contributed by atoms with Gasteiger partial charge in [-0.1, -0.05) is 12.1 Å². The normalized spacial score (nSPS) is 10.6. The molecule has 1 amide bonds. The number of hydrazone groups is 1. The number of hydrogen-bond acceptors (Lipinski definition) is 5. The van der Waals surface area contributed by atoms with Gasteiger partial charge in [0.25, 0.3) is 5.69 Å². The molecule has 0 aliphatic heterocycles. The second-order valence-corrected chi connectivity index (χ2v) is 5.99. The van der Waals surface area contributed by atoms with Crippen molar-refractivity contribution in [3.63, 3.8) is 0 Å². The van der Waals surface area contributed by atoms with E-state index in [-0.39, 0.29) is 18.2 Å². The highest BCUT2D eigenvalue weighted by atomic mass is 127. The molecule has 0 saturated carbocycles. The number of amides is 1. The van der Waals surface area contributed by atoms with Gasteiger partial charge in [-0.2, -0.15) is 5.10 Å². The predicted molar refractivity (Wildman–Crippen MR) is 98.0 cm³/mol. The number of nitro benzene ring substituents is 1. The molecule has 0 unspecified atom stereocenters. The van der Waals surface area contributed by atoms with Crippen molar-refractivity contribution in [3.05, 3.63) is 67.3 Å². The summed E-state index contributed by atoms with van der Waals surface area (Å²) in [7, 11) is 0. The average molecular weight is 439 g/mol. The zero-order chi connectivity index (χ0) is 17.5. The van der Waals surface area contributed by atoms with Crippen LogP contribution in [0, 0.1) is 13.7 Å². The SMILES string of the molecule is CC(=O)N/N=C\c1ccc(OCc2cccc([N+](=O)[O-])c2)c(I)c1. The molecular formula is C16H14IN3O4. The average Bonchev–Trinajstić information content (AvgIpc) is 2.54. The number of carbonyl (C=O) groups is 1. The summed E-state index contributed by atoms with van der Waals surface area (Å²) in [6.07, 6.45) is 1.54. The van der Waals surface area contributed by atoms with Crippen molar-refractivity contribution in [1.29, 1.82) is 0 Å². The molecule has 2 aromatic carbocycles. The van der Waals surface area contributed by atoms with E-state index in [9.17, 15) is 14.9 Å². The maximum Gasteiger partial charge on any atom is 0.269 e. The summed E-state index contributed by atoms with van der Waals surface area (Å²) in [5.41, 5.74) is 3.90. The fourth-order valence-corrected chi connectivity index (χ4v) is 2.53. The minimum atomic E-state index is -0.434. The summed E-state index contributed by atoms with van der Waals surface area (Å²) in [6, 6.07) is 11.8. The van der Waals surface area contributed by atoms with Crippen LogP contribution in [0.5, 0.6) is 5.75 Å². The molecule has 8 heteroatoms. The van der Waals surface area contributed by atoms with E-state index in [0.717, 1.165) is 14.7 Å². The van der Waals surface area contributed by atoms with E-state index in [4.69, 9.17) is 4.74 Å². The lowest BCUT2D eigenvalue weighted by atomic mass is 10.2. The fraction of sp³-hybridized carbons (Fsp3) is 0.125. The molecule has 0 atom stereocenters. The molecule has 124 valence electrons. The van der Waals surface area contributed by atoms with Crippen molar-refractivity contribution in [2.45, 2.75) is 13.5 Å². The Morgan fingerprint density at radius 2 is 2.17 bits per heavy atom. The van der Waals surface area contributed by atoms with E-state index in [2.05, 4.69) is 33.1 Å². The number of hydrogen-bond donors (Lipinski definition) is 1. The second kappa shape index (κ2) is 8.39. The number of benzene rings is 2. The number of ether oxygens (including phenoxy) is 1. The van der Waals surface area contributed by atoms with Crippen LogP contribution in [0.1, 0.15) is 18.1 Å². The number of nitrogens with one attached hydrogen (secondary N) is 1. The molecule has 24 heavy (non-hydrogen) atoms. The van der Waals surface area contributed by atoms with Gasteiger partial charge in [0.05, 0.1) is 14.7 Å². The number of non-ortho nitro benzene ring substituents is 1. The summed E-state index contributed by atoms with van der Waals surface area (Å²) in [4.78, 5) is 21.1. The highest BCUT2D eigenvalue weighted by Crippen LogP contribution is 2.23. The third-order valence-corrected chi connectivity index (χ3v) is 3.75. The maximum atomic E-state index is 10.8. The highest BCUT2D eigenvalue weighted by molar-refractivity contribution is 14.1. The number of nitro groups is 1. The van der Waals surface area contributed by atoms with Crippen molar-refractivity contribution in [3.8, 4) is 5.75 Å². The van der Waals surface area contributed by atoms with Gasteiger partial charge in [-0.05, 0) is 51.9 Å². The standard InChI is InChI=1S/C16H14IN3O4/c1-11(21)19-18-9-12-5-6-16(15(17)8-12)24-10-13-3-2-4-14(7-13)20(22)23/h2-9H,10H2,1H3,(H,19,21)/b18-9-. The summed E-state index contributed by atoms with van der Waals surface area (Å²) >= 11 is 2.13. The topological polar surface area (TPSA) is 93.8 Å². The van der Waals surface area contributed by atoms with E-state index in [1.807, 2.05) is 6.07 Å². The first-order chi connectivity index (χ1) is 11.5. The Balaban J connectivity index is 2.03. The van der Waals surface area contributed by atoms with Crippen molar-refractivity contribution >= 4 is 40.4 Å². The van der Waals surface area contributed by atoms with Crippen LogP contribution in [0.15, 0.2) is 47.6 Å². The van der Waals surface area contributed by atoms with Gasteiger partial charge in [-0.25, -0.2) is 5.43 Å². The Bertz CT molecular complexity index is 793. The van der Waals surface area contributed by atoms with Gasteiger partial charge in [-0.15, -0.1) is 0 Å². The van der Waals surface area contributed by atoms with Gasteiger partial charge in [0.1, 0.15) is 12.4 Å². The van der Waals surface area contributed by atoms with Gasteiger partial charge in [0.2, 0.25) is 5.91 Å². The van der Waals surface area contributed by atoms with Crippen molar-refractivity contribution in [2.24, 2.45) is 5.10 Å². The molecule has 0 saturated heterocycles. The Morgan fingerprint density at radius 1 is 1.38 bits per heavy atom. The molecule has 0 aliphatic rings. The Kier molecular flexibility index (Phi) is 6.24. The largest absolute Gasteiger partial charge is 0.488 e. The van der Waals surface area contributed by atoms with Gasteiger partial charge in [0, 0.05) is 19.1 Å². The van der Waals surface area contributed by atoms with E-state index >= 15 is 0 Å². The quantitative estimate of drug-likeness (QED) is 0.324. The second-order valence-electron chi connectivity index (χ2n) is 4.83. The monoisotopic (exact) mass is 439 g/mol. The van der Waals surface area contributed by atoms with E-state index in [1.165, 1.54) is 25.3 Å². The van der Waals surface area contributed by atoms with Crippen LogP contribution in [-0.4, -0.2) is 17.0 Å². The minimum Gasteiger partial charge on any atom is -0.488 e. The number of halogens is 1. The molecule has 0 spiro atoms. The molecule has 0 aromatic heterocycles. The van der Waals surface area contributed by atoms with Gasteiger partial charge in [0.15, 0.2) is 0 Å². The smallest absolute Gasteiger partial charge is 0.269 e. The van der Waals surface area contributed by atoms with Gasteiger partial charge < -0.3 is 4.74 Å². The molecule has 0 radical (unpaired) electrons. The Morgan fingerprint density at radius 3 is 2.83 bits per heavy atom. The number of nitrogens with zero attached hydrogens (tertiary/aromatic N) is 2. The summed E-state index contributed by atoms with van der Waals surface area (Å²) in [5, 5.41) is 14.6. The van der Waals surface area contributed by atoms with E-state index in [0.29, 0.717) is 5.75 Å². The third kappa shape index (κ3) is 5.30. The van der Waals surface area contributed by atoms with E-state index < -0.39 is 4.92 Å². The number of carbonyl (C=O) groups excluding carboxylic acids is 1. The minimum absolute atomic E-state index is 0.0373. The highest BCUT2D eigenvalue weighted by Gasteiger charge is 2.07. The third-order valence-electron chi connectivity index (χ3n) is 2.91. The molecule has 2 aromatic rings. The van der Waals surface area contributed by atoms with Crippen LogP contribution < -0.4 is 10.2 Å². The Labute approximate surface area is 152 Å². The molecule has 7 nitrogen and oxygen atoms in total. The van der Waals surface area contributed by atoms with Crippen LogP contribution in [0.25, 0.3) is 0 Å². The first-order valence-electron chi connectivity index (χ1n) is 6.91. The van der Waals surface area contributed by atoms with Crippen LogP contribution >= 0.6 is 22.6 Å². The van der Waals surface area contributed by atoms with Crippen LogP contribution in [0.4, 0.5) is 5.69 Å². The predicted octanol–water partition coefficient (Wildman–Crippen LogP) is 3.25. The summed E-state index contributed by atoms with van der Waals surface area (Å²) in [6.45, 7) is 1.61. The van der Waals surface area contributed by atoms with Crippen molar-refractivity contribution in [2.75, 3.05) is 0 Å². The first kappa shape index (κ1) is 17.9. The molecule has 0 heterocycles. The lowest BCUT2D eigenvalue weighted by Gasteiger charge is -2.09. The lowest BCUT2D eigenvalue weighted by Crippen LogP contribution is -2.12. The van der Waals surface area contributed by atoms with Crippen LogP contribution in [-0.2, 0) is 11.4 Å². The molecule has 0 aliphatic carbocycles. The summed E-state index contributed by atoms with van der Waals surface area (Å²) < 4.78 is 6.58. The maximum absolute atomic E-state index is 10.8. The van der Waals surface area contributed by atoms with Crippen molar-refractivity contribution < 1.29 is 14.5 Å².